The van der Waals surface area contributed by atoms with Gasteiger partial charge in [0.25, 0.3) is 5.91 Å². The molecule has 1 atom stereocenters. The molecule has 192 valence electrons. The first-order chi connectivity index (χ1) is 18.1. The molecule has 0 N–H and O–H groups in total. The van der Waals surface area contributed by atoms with Gasteiger partial charge in [0.2, 0.25) is 0 Å². The minimum Gasteiger partial charge on any atom is -0.466 e. The molecule has 37 heavy (non-hydrogen) atoms. The molecule has 0 bridgehead atoms. The number of carbonyl (C=O) groups excluding carboxylic acids is 2. The molecule has 0 radical (unpaired) electrons. The molecular formula is C31H35N3O3. The summed E-state index contributed by atoms with van der Waals surface area (Å²) in [6.45, 7) is 5.51. The zero-order valence-electron chi connectivity index (χ0n) is 21.5. The van der Waals surface area contributed by atoms with Crippen molar-refractivity contribution in [1.29, 1.82) is 0 Å². The van der Waals surface area contributed by atoms with Crippen LogP contribution in [-0.2, 0) is 9.53 Å². The third kappa shape index (κ3) is 5.91. The van der Waals surface area contributed by atoms with Gasteiger partial charge in [0.1, 0.15) is 0 Å². The number of likely N-dealkylation sites (tertiary alicyclic amines) is 2. The van der Waals surface area contributed by atoms with Gasteiger partial charge in [-0.05, 0) is 51.3 Å². The van der Waals surface area contributed by atoms with Crippen LogP contribution in [0.2, 0.25) is 0 Å². The third-order valence-corrected chi connectivity index (χ3v) is 7.55. The second kappa shape index (κ2) is 11.7. The molecule has 0 saturated carbocycles. The van der Waals surface area contributed by atoms with Gasteiger partial charge in [-0.2, -0.15) is 0 Å². The van der Waals surface area contributed by atoms with Crippen molar-refractivity contribution in [1.82, 2.24) is 14.8 Å². The number of pyridine rings is 1. The van der Waals surface area contributed by atoms with Crippen LogP contribution >= 0.6 is 0 Å². The summed E-state index contributed by atoms with van der Waals surface area (Å²) >= 11 is 0. The minimum absolute atomic E-state index is 0.0296. The van der Waals surface area contributed by atoms with E-state index in [0.29, 0.717) is 31.3 Å². The van der Waals surface area contributed by atoms with E-state index in [2.05, 4.69) is 4.90 Å². The Hall–Kier alpha value is -3.51. The zero-order chi connectivity index (χ0) is 25.6. The zero-order valence-corrected chi connectivity index (χ0v) is 21.5. The molecule has 1 aromatic heterocycles. The topological polar surface area (TPSA) is 62.7 Å². The number of hydrogen-bond donors (Lipinski definition) is 0. The average Bonchev–Trinajstić information content (AvgIpc) is 2.98. The van der Waals surface area contributed by atoms with E-state index in [4.69, 9.17) is 9.72 Å². The molecule has 0 aliphatic carbocycles. The van der Waals surface area contributed by atoms with E-state index in [1.807, 2.05) is 84.6 Å². The van der Waals surface area contributed by atoms with Crippen molar-refractivity contribution < 1.29 is 14.3 Å². The number of piperidine rings is 2. The second-order valence-electron chi connectivity index (χ2n) is 9.97. The quantitative estimate of drug-likeness (QED) is 0.433. The predicted octanol–water partition coefficient (Wildman–Crippen LogP) is 5.30. The number of aromatic nitrogens is 1. The van der Waals surface area contributed by atoms with Crippen LogP contribution < -0.4 is 0 Å². The van der Waals surface area contributed by atoms with Gasteiger partial charge in [-0.25, -0.2) is 4.98 Å². The van der Waals surface area contributed by atoms with Crippen LogP contribution in [0.15, 0.2) is 72.8 Å². The Labute approximate surface area is 219 Å². The van der Waals surface area contributed by atoms with E-state index in [1.165, 1.54) is 0 Å². The van der Waals surface area contributed by atoms with Crippen LogP contribution in [-0.4, -0.2) is 65.5 Å². The summed E-state index contributed by atoms with van der Waals surface area (Å²) in [6.07, 6.45) is 3.76. The summed E-state index contributed by atoms with van der Waals surface area (Å²) in [5, 5.41) is 0. The molecular weight excluding hydrogens is 462 g/mol. The van der Waals surface area contributed by atoms with E-state index in [9.17, 15) is 9.59 Å². The van der Waals surface area contributed by atoms with Gasteiger partial charge >= 0.3 is 5.97 Å². The van der Waals surface area contributed by atoms with E-state index in [1.54, 1.807) is 0 Å². The van der Waals surface area contributed by atoms with Crippen molar-refractivity contribution in [2.45, 2.75) is 38.6 Å². The van der Waals surface area contributed by atoms with Crippen molar-refractivity contribution in [3.63, 3.8) is 0 Å². The highest BCUT2D eigenvalue weighted by molar-refractivity contribution is 5.96. The molecule has 2 fully saturated rings. The van der Waals surface area contributed by atoms with Gasteiger partial charge in [-0.15, -0.1) is 0 Å². The van der Waals surface area contributed by atoms with E-state index < -0.39 is 0 Å². The summed E-state index contributed by atoms with van der Waals surface area (Å²) in [7, 11) is 0. The van der Waals surface area contributed by atoms with Crippen molar-refractivity contribution in [2.24, 2.45) is 5.92 Å². The maximum Gasteiger partial charge on any atom is 0.310 e. The molecule has 3 heterocycles. The number of esters is 1. The SMILES string of the molecule is CCOC(=O)C1CCCN(C2CCN(C(=O)c3cc(-c4ccccc4)nc(-c4ccccc4)c3)CC2)C1. The van der Waals surface area contributed by atoms with Crippen LogP contribution in [0.25, 0.3) is 22.5 Å². The van der Waals surface area contributed by atoms with E-state index >= 15 is 0 Å². The highest BCUT2D eigenvalue weighted by Gasteiger charge is 2.33. The van der Waals surface area contributed by atoms with Crippen molar-refractivity contribution in [3.8, 4) is 22.5 Å². The fraction of sp³-hybridized carbons (Fsp3) is 0.387. The predicted molar refractivity (Wildman–Crippen MR) is 145 cm³/mol. The van der Waals surface area contributed by atoms with Crippen LogP contribution in [0, 0.1) is 5.92 Å². The van der Waals surface area contributed by atoms with Gasteiger partial charge < -0.3 is 9.64 Å². The molecule has 2 aliphatic rings. The molecule has 1 amide bonds. The fourth-order valence-electron chi connectivity index (χ4n) is 5.57. The summed E-state index contributed by atoms with van der Waals surface area (Å²) in [5.74, 6) is -0.0443. The molecule has 2 aliphatic heterocycles. The first-order valence-electron chi connectivity index (χ1n) is 13.4. The summed E-state index contributed by atoms with van der Waals surface area (Å²) in [6, 6.07) is 24.3. The number of amides is 1. The third-order valence-electron chi connectivity index (χ3n) is 7.55. The standard InChI is InChI=1S/C31H35N3O3/c1-2-37-31(36)25-14-9-17-34(22-25)27-15-18-33(19-16-27)30(35)26-20-28(23-10-5-3-6-11-23)32-29(21-26)24-12-7-4-8-13-24/h3-8,10-13,20-21,25,27H,2,9,14-19,22H2,1H3. The molecule has 3 aromatic rings. The molecule has 2 saturated heterocycles. The smallest absolute Gasteiger partial charge is 0.310 e. The molecule has 6 heteroatoms. The fourth-order valence-corrected chi connectivity index (χ4v) is 5.57. The molecule has 2 aromatic carbocycles. The lowest BCUT2D eigenvalue weighted by atomic mass is 9.93. The van der Waals surface area contributed by atoms with Gasteiger partial charge in [0.05, 0.1) is 23.9 Å². The number of ether oxygens (including phenoxy) is 1. The van der Waals surface area contributed by atoms with Crippen molar-refractivity contribution in [3.05, 3.63) is 78.4 Å². The van der Waals surface area contributed by atoms with E-state index in [0.717, 1.165) is 61.3 Å². The summed E-state index contributed by atoms with van der Waals surface area (Å²) in [5.41, 5.74) is 4.27. The maximum atomic E-state index is 13.7. The summed E-state index contributed by atoms with van der Waals surface area (Å²) < 4.78 is 5.27. The minimum atomic E-state index is -0.0686. The Bertz CT molecular complexity index is 1150. The molecule has 1 unspecified atom stereocenters. The Balaban J connectivity index is 1.30. The first kappa shape index (κ1) is 25.2. The van der Waals surface area contributed by atoms with Crippen LogP contribution in [0.3, 0.4) is 0 Å². The lowest BCUT2D eigenvalue weighted by Gasteiger charge is -2.41. The largest absolute Gasteiger partial charge is 0.466 e. The molecule has 0 spiro atoms. The monoisotopic (exact) mass is 497 g/mol. The van der Waals surface area contributed by atoms with Crippen LogP contribution in [0.5, 0.6) is 0 Å². The number of rotatable bonds is 6. The van der Waals surface area contributed by atoms with Crippen molar-refractivity contribution >= 4 is 11.9 Å². The average molecular weight is 498 g/mol. The molecule has 5 rings (SSSR count). The van der Waals surface area contributed by atoms with E-state index in [-0.39, 0.29) is 17.8 Å². The van der Waals surface area contributed by atoms with Gasteiger partial charge in [-0.3, -0.25) is 14.5 Å². The van der Waals surface area contributed by atoms with Gasteiger partial charge in [0, 0.05) is 42.4 Å². The van der Waals surface area contributed by atoms with Crippen LogP contribution in [0.1, 0.15) is 43.0 Å². The van der Waals surface area contributed by atoms with Crippen molar-refractivity contribution in [2.75, 3.05) is 32.8 Å². The highest BCUT2D eigenvalue weighted by Crippen LogP contribution is 2.28. The Morgan fingerprint density at radius 3 is 2.03 bits per heavy atom. The normalized spacial score (nSPS) is 18.9. The van der Waals surface area contributed by atoms with Gasteiger partial charge in [-0.1, -0.05) is 60.7 Å². The van der Waals surface area contributed by atoms with Gasteiger partial charge in [0.15, 0.2) is 0 Å². The second-order valence-corrected chi connectivity index (χ2v) is 9.97. The number of carbonyl (C=O) groups is 2. The Kier molecular flexibility index (Phi) is 7.95. The molecule has 6 nitrogen and oxygen atoms in total. The maximum absolute atomic E-state index is 13.7. The first-order valence-corrected chi connectivity index (χ1v) is 13.4. The Morgan fingerprint density at radius 1 is 0.865 bits per heavy atom. The highest BCUT2D eigenvalue weighted by atomic mass is 16.5. The number of hydrogen-bond acceptors (Lipinski definition) is 5. The number of nitrogens with zero attached hydrogens (tertiary/aromatic N) is 3. The number of benzene rings is 2. The summed E-state index contributed by atoms with van der Waals surface area (Å²) in [4.78, 5) is 35.3. The lowest BCUT2D eigenvalue weighted by molar-refractivity contribution is -0.150. The Morgan fingerprint density at radius 2 is 1.46 bits per heavy atom. The lowest BCUT2D eigenvalue weighted by Crippen LogP contribution is -2.50. The van der Waals surface area contributed by atoms with Crippen LogP contribution in [0.4, 0.5) is 0 Å².